The van der Waals surface area contributed by atoms with E-state index >= 15 is 4.39 Å². The summed E-state index contributed by atoms with van der Waals surface area (Å²) in [6.07, 6.45) is 6.83. The number of hydrogen-bond donors (Lipinski definition) is 1. The summed E-state index contributed by atoms with van der Waals surface area (Å²) in [5, 5.41) is 6.73. The molecule has 0 radical (unpaired) electrons. The van der Waals surface area contributed by atoms with E-state index in [-0.39, 0.29) is 24.2 Å². The second-order valence-corrected chi connectivity index (χ2v) is 12.9. The van der Waals surface area contributed by atoms with Gasteiger partial charge in [-0.3, -0.25) is 9.89 Å². The van der Waals surface area contributed by atoms with Crippen molar-refractivity contribution in [3.05, 3.63) is 88.6 Å². The third-order valence-electron chi connectivity index (χ3n) is 8.48. The first-order valence-corrected chi connectivity index (χ1v) is 15.5. The number of hydrogen-bond acceptors (Lipinski definition) is 4. The summed E-state index contributed by atoms with van der Waals surface area (Å²) in [4.78, 5) is 12.9. The zero-order valence-corrected chi connectivity index (χ0v) is 23.9. The molecule has 7 nitrogen and oxygen atoms in total. The number of anilines is 1. The fraction of sp³-hybridized carbons (Fsp3) is 0.333. The highest BCUT2D eigenvalue weighted by molar-refractivity contribution is 7.89. The van der Waals surface area contributed by atoms with E-state index in [4.69, 9.17) is 0 Å². The highest BCUT2D eigenvalue weighted by atomic mass is 32.2. The summed E-state index contributed by atoms with van der Waals surface area (Å²) in [5.74, 6) is -13.8. The lowest BCUT2D eigenvalue weighted by molar-refractivity contribution is -0.125. The molecular weight excluding hydrogens is 610 g/mol. The zero-order valence-electron chi connectivity index (χ0n) is 23.1. The Labute approximate surface area is 248 Å². The number of aromatic amines is 1. The average molecular weight is 637 g/mol. The summed E-state index contributed by atoms with van der Waals surface area (Å²) in [6, 6.07) is 8.68. The molecule has 1 atom stereocenters. The van der Waals surface area contributed by atoms with E-state index in [1.54, 1.807) is 12.1 Å². The van der Waals surface area contributed by atoms with Gasteiger partial charge in [-0.15, -0.1) is 0 Å². The minimum Gasteiger partial charge on any atom is -0.304 e. The Kier molecular flexibility index (Phi) is 7.91. The monoisotopic (exact) mass is 636 g/mol. The lowest BCUT2D eigenvalue weighted by Gasteiger charge is -2.41. The Morgan fingerprint density at radius 2 is 1.48 bits per heavy atom. The van der Waals surface area contributed by atoms with Crippen LogP contribution in [0.4, 0.5) is 32.0 Å². The smallest absolute Gasteiger partial charge is 0.249 e. The van der Waals surface area contributed by atoms with Gasteiger partial charge in [-0.2, -0.15) is 9.40 Å². The fourth-order valence-corrected chi connectivity index (χ4v) is 7.72. The number of nitrogens with zero attached hydrogens (tertiary/aromatic N) is 3. The second kappa shape index (κ2) is 11.5. The molecular formula is C30H26F6N4O3S. The van der Waals surface area contributed by atoms with Crippen LogP contribution in [0.5, 0.6) is 0 Å². The average Bonchev–Trinajstić information content (AvgIpc) is 3.48. The molecule has 2 heterocycles. The fourth-order valence-electron chi connectivity index (χ4n) is 5.98. The standard InChI is InChI=1S/C30H26F6N4O3S/c31-22-20(11-10-19-14-37-38-28(19)22)39(15-16-6-8-18(9-7-16)17-4-2-1-3-5-17)30(41)21-12-13-40(21)44(42,43)29-26(35)24(33)23(32)25(34)27(29)36/h6-11,14,17,21H,1-5,12-13,15H2,(H,37,38)/t21-/m1/s1. The van der Waals surface area contributed by atoms with Gasteiger partial charge in [0.25, 0.3) is 0 Å². The van der Waals surface area contributed by atoms with Crippen LogP contribution < -0.4 is 4.90 Å². The minimum atomic E-state index is -5.38. The first-order chi connectivity index (χ1) is 21.0. The third kappa shape index (κ3) is 5.03. The van der Waals surface area contributed by atoms with Crippen molar-refractivity contribution in [2.75, 3.05) is 11.4 Å². The number of fused-ring (bicyclic) bond motifs is 1. The van der Waals surface area contributed by atoms with Crippen molar-refractivity contribution in [3.8, 4) is 0 Å². The Hall–Kier alpha value is -3.91. The summed E-state index contributed by atoms with van der Waals surface area (Å²) in [7, 11) is -5.38. The molecule has 14 heteroatoms. The van der Waals surface area contributed by atoms with Crippen molar-refractivity contribution in [1.29, 1.82) is 0 Å². The maximum absolute atomic E-state index is 15.7. The summed E-state index contributed by atoms with van der Waals surface area (Å²) in [5.41, 5.74) is 1.50. The van der Waals surface area contributed by atoms with E-state index in [0.717, 1.165) is 36.1 Å². The Balaban J connectivity index is 1.35. The second-order valence-electron chi connectivity index (χ2n) is 11.1. The SMILES string of the molecule is O=C([C@H]1CCN1S(=O)(=O)c1c(F)c(F)c(F)c(F)c1F)N(Cc1ccc(C2CCCCC2)cc1)c1ccc2cn[nH]c2c1F. The van der Waals surface area contributed by atoms with Crippen LogP contribution in [-0.4, -0.2) is 41.4 Å². The number of sulfonamides is 1. The molecule has 0 unspecified atom stereocenters. The van der Waals surface area contributed by atoms with Crippen molar-refractivity contribution in [3.63, 3.8) is 0 Å². The lowest BCUT2D eigenvalue weighted by Crippen LogP contribution is -2.59. The number of amides is 1. The predicted molar refractivity (Wildman–Crippen MR) is 148 cm³/mol. The summed E-state index contributed by atoms with van der Waals surface area (Å²) >= 11 is 0. The summed E-state index contributed by atoms with van der Waals surface area (Å²) < 4.78 is 113. The van der Waals surface area contributed by atoms with Crippen molar-refractivity contribution in [2.24, 2.45) is 0 Å². The van der Waals surface area contributed by atoms with Gasteiger partial charge in [0, 0.05) is 11.9 Å². The molecule has 1 saturated heterocycles. The zero-order chi connectivity index (χ0) is 31.3. The Bertz CT molecular complexity index is 1830. The molecule has 1 N–H and O–H groups in total. The van der Waals surface area contributed by atoms with E-state index < -0.39 is 68.3 Å². The van der Waals surface area contributed by atoms with Gasteiger partial charge in [0.15, 0.2) is 34.0 Å². The number of aromatic nitrogens is 2. The Morgan fingerprint density at radius 1 is 0.841 bits per heavy atom. The minimum absolute atomic E-state index is 0.00700. The molecule has 1 aromatic heterocycles. The highest BCUT2D eigenvalue weighted by Crippen LogP contribution is 2.37. The molecule has 3 aromatic carbocycles. The maximum atomic E-state index is 15.7. The summed E-state index contributed by atoms with van der Waals surface area (Å²) in [6.45, 7) is -0.641. The number of halogens is 6. The van der Waals surface area contributed by atoms with Gasteiger partial charge >= 0.3 is 0 Å². The van der Waals surface area contributed by atoms with Crippen LogP contribution in [0.3, 0.4) is 0 Å². The van der Waals surface area contributed by atoms with Crippen LogP contribution in [0.15, 0.2) is 47.5 Å². The molecule has 2 aliphatic rings. The quantitative estimate of drug-likeness (QED) is 0.144. The van der Waals surface area contributed by atoms with Gasteiger partial charge in [-0.1, -0.05) is 43.5 Å². The van der Waals surface area contributed by atoms with Crippen molar-refractivity contribution < 1.29 is 39.6 Å². The molecule has 1 aliphatic heterocycles. The van der Waals surface area contributed by atoms with E-state index in [1.165, 1.54) is 24.8 Å². The number of H-pyrrole nitrogens is 1. The van der Waals surface area contributed by atoms with Gasteiger partial charge in [0.1, 0.15) is 11.6 Å². The van der Waals surface area contributed by atoms with Crippen LogP contribution in [0.25, 0.3) is 10.9 Å². The molecule has 1 amide bonds. The molecule has 1 saturated carbocycles. The van der Waals surface area contributed by atoms with Gasteiger partial charge in [-0.05, 0) is 48.4 Å². The normalized spacial score (nSPS) is 18.0. The van der Waals surface area contributed by atoms with Gasteiger partial charge in [-0.25, -0.2) is 34.8 Å². The van der Waals surface area contributed by atoms with Gasteiger partial charge in [0.2, 0.25) is 21.7 Å². The highest BCUT2D eigenvalue weighted by Gasteiger charge is 2.48. The number of carbonyl (C=O) groups excluding carboxylic acids is 1. The van der Waals surface area contributed by atoms with Crippen LogP contribution >= 0.6 is 0 Å². The molecule has 0 spiro atoms. The van der Waals surface area contributed by atoms with Crippen molar-refractivity contribution in [2.45, 2.75) is 61.9 Å². The first-order valence-electron chi connectivity index (χ1n) is 14.1. The predicted octanol–water partition coefficient (Wildman–Crippen LogP) is 6.44. The van der Waals surface area contributed by atoms with Crippen LogP contribution in [0.1, 0.15) is 55.6 Å². The largest absolute Gasteiger partial charge is 0.304 e. The number of benzene rings is 3. The molecule has 44 heavy (non-hydrogen) atoms. The van der Waals surface area contributed by atoms with Crippen molar-refractivity contribution >= 4 is 32.5 Å². The van der Waals surface area contributed by atoms with Gasteiger partial charge < -0.3 is 4.90 Å². The number of nitrogens with one attached hydrogen (secondary N) is 1. The van der Waals surface area contributed by atoms with E-state index in [0.29, 0.717) is 21.2 Å². The third-order valence-corrected chi connectivity index (χ3v) is 10.4. The number of carbonyl (C=O) groups is 1. The lowest BCUT2D eigenvalue weighted by atomic mass is 9.84. The van der Waals surface area contributed by atoms with Crippen LogP contribution in [-0.2, 0) is 21.4 Å². The van der Waals surface area contributed by atoms with Crippen molar-refractivity contribution in [1.82, 2.24) is 14.5 Å². The molecule has 6 rings (SSSR count). The number of rotatable bonds is 7. The molecule has 2 fully saturated rings. The molecule has 0 bridgehead atoms. The maximum Gasteiger partial charge on any atom is 0.249 e. The topological polar surface area (TPSA) is 86.4 Å². The van der Waals surface area contributed by atoms with Crippen LogP contribution in [0, 0.1) is 34.9 Å². The Morgan fingerprint density at radius 3 is 2.09 bits per heavy atom. The van der Waals surface area contributed by atoms with Gasteiger partial charge in [0.05, 0.1) is 18.4 Å². The molecule has 232 valence electrons. The van der Waals surface area contributed by atoms with E-state index in [1.807, 2.05) is 12.1 Å². The van der Waals surface area contributed by atoms with E-state index in [2.05, 4.69) is 10.2 Å². The molecule has 1 aliphatic carbocycles. The van der Waals surface area contributed by atoms with Crippen LogP contribution in [0.2, 0.25) is 0 Å². The first kappa shape index (κ1) is 30.1. The van der Waals surface area contributed by atoms with E-state index in [9.17, 15) is 35.2 Å². The molecule has 4 aromatic rings.